The second-order valence-corrected chi connectivity index (χ2v) is 3.95. The molecule has 0 radical (unpaired) electrons. The van der Waals surface area contributed by atoms with Crippen molar-refractivity contribution in [1.29, 1.82) is 0 Å². The highest BCUT2D eigenvalue weighted by Crippen LogP contribution is 2.13. The number of aromatic amines is 1. The molecule has 1 aromatic rings. The van der Waals surface area contributed by atoms with Crippen molar-refractivity contribution in [3.8, 4) is 0 Å². The minimum Gasteiger partial charge on any atom is -0.372 e. The number of nitrogens with one attached hydrogen (secondary N) is 1. The number of hydrogen-bond acceptors (Lipinski definition) is 3. The van der Waals surface area contributed by atoms with E-state index in [1.165, 1.54) is 0 Å². The number of morpholine rings is 1. The number of nitrogens with zero attached hydrogens (tertiary/aromatic N) is 2. The van der Waals surface area contributed by atoms with Crippen molar-refractivity contribution >= 4 is 5.91 Å². The third-order valence-corrected chi connectivity index (χ3v) is 2.45. The summed E-state index contributed by atoms with van der Waals surface area (Å²) in [6.07, 6.45) is 3.37. The summed E-state index contributed by atoms with van der Waals surface area (Å²) in [7, 11) is 0. The average Bonchev–Trinajstić information content (AvgIpc) is 2.67. The van der Waals surface area contributed by atoms with Gasteiger partial charge in [-0.15, -0.1) is 0 Å². The molecule has 1 aliphatic heterocycles. The molecule has 1 N–H and O–H groups in total. The fraction of sp³-hybridized carbons (Fsp3) is 0.600. The van der Waals surface area contributed by atoms with Gasteiger partial charge in [0.15, 0.2) is 0 Å². The first-order chi connectivity index (χ1) is 7.16. The molecule has 1 amide bonds. The Balaban J connectivity index is 2.07. The van der Waals surface area contributed by atoms with Crippen LogP contribution in [0.4, 0.5) is 0 Å². The quantitative estimate of drug-likeness (QED) is 0.739. The van der Waals surface area contributed by atoms with Gasteiger partial charge in [-0.05, 0) is 13.8 Å². The molecule has 82 valence electrons. The molecule has 1 aromatic heterocycles. The zero-order valence-electron chi connectivity index (χ0n) is 8.93. The van der Waals surface area contributed by atoms with Crippen LogP contribution >= 0.6 is 0 Å². The first kappa shape index (κ1) is 10.2. The molecular weight excluding hydrogens is 194 g/mol. The molecule has 0 spiro atoms. The summed E-state index contributed by atoms with van der Waals surface area (Å²) in [6, 6.07) is 0. The van der Waals surface area contributed by atoms with E-state index < -0.39 is 0 Å². The summed E-state index contributed by atoms with van der Waals surface area (Å²) in [5.41, 5.74) is 0.608. The third-order valence-electron chi connectivity index (χ3n) is 2.45. The van der Waals surface area contributed by atoms with Crippen molar-refractivity contribution in [3.63, 3.8) is 0 Å². The van der Waals surface area contributed by atoms with Crippen molar-refractivity contribution < 1.29 is 9.53 Å². The van der Waals surface area contributed by atoms with E-state index >= 15 is 0 Å². The summed E-state index contributed by atoms with van der Waals surface area (Å²) in [6.45, 7) is 5.25. The number of carbonyl (C=O) groups excluding carboxylic acids is 1. The fourth-order valence-electron chi connectivity index (χ4n) is 1.89. The highest BCUT2D eigenvalue weighted by molar-refractivity contribution is 5.93. The molecule has 0 unspecified atom stereocenters. The average molecular weight is 209 g/mol. The van der Waals surface area contributed by atoms with Gasteiger partial charge in [0, 0.05) is 19.3 Å². The zero-order chi connectivity index (χ0) is 10.8. The molecule has 0 bridgehead atoms. The number of rotatable bonds is 1. The van der Waals surface area contributed by atoms with Gasteiger partial charge in [0.2, 0.25) is 0 Å². The maximum absolute atomic E-state index is 12.0. The molecule has 2 rings (SSSR count). The minimum absolute atomic E-state index is 0.0192. The van der Waals surface area contributed by atoms with E-state index in [9.17, 15) is 4.79 Å². The molecule has 1 aliphatic rings. The van der Waals surface area contributed by atoms with Crippen molar-refractivity contribution in [2.45, 2.75) is 26.1 Å². The van der Waals surface area contributed by atoms with E-state index in [-0.39, 0.29) is 18.1 Å². The van der Waals surface area contributed by atoms with Crippen LogP contribution in [0.25, 0.3) is 0 Å². The highest BCUT2D eigenvalue weighted by Gasteiger charge is 2.26. The van der Waals surface area contributed by atoms with Gasteiger partial charge in [-0.1, -0.05) is 0 Å². The number of aromatic nitrogens is 2. The molecule has 2 heterocycles. The number of ether oxygens (including phenoxy) is 1. The lowest BCUT2D eigenvalue weighted by atomic mass is 10.2. The first-order valence-electron chi connectivity index (χ1n) is 5.10. The molecule has 2 atom stereocenters. The van der Waals surface area contributed by atoms with Gasteiger partial charge in [0.25, 0.3) is 5.91 Å². The van der Waals surface area contributed by atoms with E-state index in [0.717, 1.165) is 0 Å². The monoisotopic (exact) mass is 209 g/mol. The Morgan fingerprint density at radius 2 is 2.20 bits per heavy atom. The maximum atomic E-state index is 12.0. The van der Waals surface area contributed by atoms with Crippen LogP contribution in [0.15, 0.2) is 12.4 Å². The summed E-state index contributed by atoms with van der Waals surface area (Å²) < 4.78 is 5.57. The number of carbonyl (C=O) groups is 1. The van der Waals surface area contributed by atoms with Crippen LogP contribution in [-0.4, -0.2) is 46.3 Å². The van der Waals surface area contributed by atoms with Crippen molar-refractivity contribution in [2.75, 3.05) is 13.1 Å². The Morgan fingerprint density at radius 3 is 2.73 bits per heavy atom. The molecule has 1 fully saturated rings. The molecule has 15 heavy (non-hydrogen) atoms. The van der Waals surface area contributed by atoms with Gasteiger partial charge >= 0.3 is 0 Å². The normalized spacial score (nSPS) is 26.7. The Morgan fingerprint density at radius 1 is 1.53 bits per heavy atom. The predicted molar refractivity (Wildman–Crippen MR) is 54.5 cm³/mol. The molecule has 0 saturated carbocycles. The molecule has 5 nitrogen and oxygen atoms in total. The number of hydrogen-bond donors (Lipinski definition) is 1. The van der Waals surface area contributed by atoms with Crippen molar-refractivity contribution in [1.82, 2.24) is 15.1 Å². The fourth-order valence-corrected chi connectivity index (χ4v) is 1.89. The van der Waals surface area contributed by atoms with E-state index in [4.69, 9.17) is 4.74 Å². The maximum Gasteiger partial charge on any atom is 0.257 e. The second kappa shape index (κ2) is 4.02. The predicted octanol–water partition coefficient (Wildman–Crippen LogP) is 0.659. The van der Waals surface area contributed by atoms with Crippen LogP contribution in [0.5, 0.6) is 0 Å². The van der Waals surface area contributed by atoms with Gasteiger partial charge in [-0.3, -0.25) is 9.89 Å². The Labute approximate surface area is 88.4 Å². The second-order valence-electron chi connectivity index (χ2n) is 3.95. The van der Waals surface area contributed by atoms with Crippen LogP contribution in [0.3, 0.4) is 0 Å². The SMILES string of the molecule is C[C@@H]1CN(C(=O)c2cn[nH]c2)C[C@H](C)O1. The summed E-state index contributed by atoms with van der Waals surface area (Å²) in [5, 5.41) is 6.42. The molecule has 5 heteroatoms. The lowest BCUT2D eigenvalue weighted by molar-refractivity contribution is -0.0586. The number of H-pyrrole nitrogens is 1. The van der Waals surface area contributed by atoms with Gasteiger partial charge in [-0.2, -0.15) is 5.10 Å². The summed E-state index contributed by atoms with van der Waals surface area (Å²) in [5.74, 6) is 0.0192. The van der Waals surface area contributed by atoms with E-state index in [1.807, 2.05) is 18.7 Å². The topological polar surface area (TPSA) is 58.2 Å². The zero-order valence-corrected chi connectivity index (χ0v) is 8.93. The first-order valence-corrected chi connectivity index (χ1v) is 5.10. The Hall–Kier alpha value is -1.36. The van der Waals surface area contributed by atoms with E-state index in [1.54, 1.807) is 12.4 Å². The van der Waals surface area contributed by atoms with Crippen LogP contribution in [0.1, 0.15) is 24.2 Å². The third kappa shape index (κ3) is 2.18. The molecule has 1 saturated heterocycles. The molecule has 0 aliphatic carbocycles. The lowest BCUT2D eigenvalue weighted by Gasteiger charge is -2.35. The Bertz CT molecular complexity index is 326. The summed E-state index contributed by atoms with van der Waals surface area (Å²) >= 11 is 0. The van der Waals surface area contributed by atoms with E-state index in [2.05, 4.69) is 10.2 Å². The van der Waals surface area contributed by atoms with Gasteiger partial charge in [0.05, 0.1) is 24.0 Å². The summed E-state index contributed by atoms with van der Waals surface area (Å²) in [4.78, 5) is 13.8. The lowest BCUT2D eigenvalue weighted by Crippen LogP contribution is -2.48. The molecular formula is C10H15N3O2. The van der Waals surface area contributed by atoms with Gasteiger partial charge < -0.3 is 9.64 Å². The van der Waals surface area contributed by atoms with Crippen LogP contribution < -0.4 is 0 Å². The van der Waals surface area contributed by atoms with Crippen molar-refractivity contribution in [2.24, 2.45) is 0 Å². The largest absolute Gasteiger partial charge is 0.372 e. The van der Waals surface area contributed by atoms with Crippen LogP contribution in [0.2, 0.25) is 0 Å². The standard InChI is InChI=1S/C10H15N3O2/c1-7-5-13(6-8(2)15-7)10(14)9-3-11-12-4-9/h3-4,7-8H,5-6H2,1-2H3,(H,11,12)/t7-,8+. The highest BCUT2D eigenvalue weighted by atomic mass is 16.5. The van der Waals surface area contributed by atoms with Gasteiger partial charge in [-0.25, -0.2) is 0 Å². The minimum atomic E-state index is 0.0192. The molecule has 0 aromatic carbocycles. The Kier molecular flexibility index (Phi) is 2.73. The van der Waals surface area contributed by atoms with Crippen LogP contribution in [-0.2, 0) is 4.74 Å². The number of amides is 1. The van der Waals surface area contributed by atoms with Crippen molar-refractivity contribution in [3.05, 3.63) is 18.0 Å². The smallest absolute Gasteiger partial charge is 0.257 e. The van der Waals surface area contributed by atoms with Gasteiger partial charge in [0.1, 0.15) is 0 Å². The van der Waals surface area contributed by atoms with E-state index in [0.29, 0.717) is 18.7 Å². The van der Waals surface area contributed by atoms with Crippen LogP contribution in [0, 0.1) is 0 Å².